The molecule has 3 rings (SSSR count). The van der Waals surface area contributed by atoms with Gasteiger partial charge in [-0.3, -0.25) is 9.59 Å². The van der Waals surface area contributed by atoms with Gasteiger partial charge in [0.15, 0.2) is 11.5 Å². The van der Waals surface area contributed by atoms with E-state index in [9.17, 15) is 14.0 Å². The third kappa shape index (κ3) is 4.88. The molecule has 0 spiro atoms. The Balaban J connectivity index is 1.56. The van der Waals surface area contributed by atoms with E-state index in [0.717, 1.165) is 11.6 Å². The number of ether oxygens (including phenoxy) is 2. The van der Waals surface area contributed by atoms with Crippen LogP contribution in [0.4, 0.5) is 4.39 Å². The first kappa shape index (κ1) is 19.4. The number of hydrogen-bond acceptors (Lipinski definition) is 4. The van der Waals surface area contributed by atoms with Gasteiger partial charge in [-0.1, -0.05) is 30.8 Å². The zero-order valence-electron chi connectivity index (χ0n) is 15.3. The molecule has 0 saturated heterocycles. The molecule has 2 aromatic rings. The number of benzene rings is 2. The van der Waals surface area contributed by atoms with E-state index in [1.807, 2.05) is 0 Å². The number of fused-ring (bicyclic) bond motifs is 1. The summed E-state index contributed by atoms with van der Waals surface area (Å²) in [7, 11) is 0. The van der Waals surface area contributed by atoms with E-state index >= 15 is 0 Å². The Hall–Kier alpha value is -3.35. The van der Waals surface area contributed by atoms with Crippen molar-refractivity contribution in [1.29, 1.82) is 0 Å². The maximum atomic E-state index is 14.2. The van der Waals surface area contributed by atoms with E-state index in [-0.39, 0.29) is 31.3 Å². The van der Waals surface area contributed by atoms with Crippen molar-refractivity contribution in [1.82, 2.24) is 10.6 Å². The third-order valence-electron chi connectivity index (χ3n) is 4.24. The number of halogens is 1. The van der Waals surface area contributed by atoms with Gasteiger partial charge < -0.3 is 20.1 Å². The topological polar surface area (TPSA) is 76.7 Å². The molecule has 0 aromatic heterocycles. The molecule has 0 aliphatic carbocycles. The summed E-state index contributed by atoms with van der Waals surface area (Å²) in [6.07, 6.45) is 1.26. The summed E-state index contributed by atoms with van der Waals surface area (Å²) >= 11 is 0. The lowest BCUT2D eigenvalue weighted by atomic mass is 10.1. The Bertz CT molecular complexity index is 898. The van der Waals surface area contributed by atoms with E-state index in [0.29, 0.717) is 35.8 Å². The van der Waals surface area contributed by atoms with E-state index in [2.05, 4.69) is 17.2 Å². The van der Waals surface area contributed by atoms with Crippen LogP contribution in [0.5, 0.6) is 11.5 Å². The number of hydrogen-bond donors (Lipinski definition) is 2. The first-order chi connectivity index (χ1) is 13.6. The van der Waals surface area contributed by atoms with Gasteiger partial charge >= 0.3 is 0 Å². The zero-order valence-corrected chi connectivity index (χ0v) is 15.3. The lowest BCUT2D eigenvalue weighted by Gasteiger charge is -2.20. The molecule has 0 fully saturated rings. The van der Waals surface area contributed by atoms with Gasteiger partial charge in [0.25, 0.3) is 0 Å². The predicted octanol–water partition coefficient (Wildman–Crippen LogP) is 2.26. The van der Waals surface area contributed by atoms with Crippen LogP contribution < -0.4 is 20.1 Å². The SMILES string of the molecule is C=CC(=O)NCc1ccc(CNC(=O)Cc2cccc3c2OCCO3)c(F)c1. The van der Waals surface area contributed by atoms with Gasteiger partial charge in [0, 0.05) is 24.2 Å². The highest BCUT2D eigenvalue weighted by Crippen LogP contribution is 2.33. The van der Waals surface area contributed by atoms with Gasteiger partial charge in [-0.05, 0) is 23.8 Å². The fourth-order valence-corrected chi connectivity index (χ4v) is 2.81. The van der Waals surface area contributed by atoms with Crippen LogP contribution >= 0.6 is 0 Å². The summed E-state index contributed by atoms with van der Waals surface area (Å²) in [6.45, 7) is 4.55. The number of carbonyl (C=O) groups is 2. The first-order valence-corrected chi connectivity index (χ1v) is 8.88. The summed E-state index contributed by atoms with van der Waals surface area (Å²) < 4.78 is 25.3. The van der Waals surface area contributed by atoms with Crippen LogP contribution in [0.2, 0.25) is 0 Å². The molecule has 2 amide bonds. The highest BCUT2D eigenvalue weighted by atomic mass is 19.1. The minimum Gasteiger partial charge on any atom is -0.486 e. The van der Waals surface area contributed by atoms with Gasteiger partial charge in [-0.15, -0.1) is 0 Å². The number of amides is 2. The minimum atomic E-state index is -0.445. The van der Waals surface area contributed by atoms with Crippen LogP contribution in [-0.4, -0.2) is 25.0 Å². The molecule has 6 nitrogen and oxygen atoms in total. The number of carbonyl (C=O) groups excluding carboxylic acids is 2. The van der Waals surface area contributed by atoms with Crippen LogP contribution in [0.15, 0.2) is 49.1 Å². The molecule has 1 aliphatic rings. The molecule has 0 radical (unpaired) electrons. The van der Waals surface area contributed by atoms with Gasteiger partial charge in [-0.2, -0.15) is 0 Å². The molecule has 1 aliphatic heterocycles. The average Bonchev–Trinajstić information content (AvgIpc) is 2.71. The molecule has 0 unspecified atom stereocenters. The Labute approximate surface area is 162 Å². The summed E-state index contributed by atoms with van der Waals surface area (Å²) in [5.41, 5.74) is 1.71. The van der Waals surface area contributed by atoms with Crippen LogP contribution in [-0.2, 0) is 29.1 Å². The molecule has 1 heterocycles. The first-order valence-electron chi connectivity index (χ1n) is 8.88. The molecule has 2 aromatic carbocycles. The van der Waals surface area contributed by atoms with Crippen LogP contribution in [0.3, 0.4) is 0 Å². The van der Waals surface area contributed by atoms with E-state index in [1.54, 1.807) is 30.3 Å². The highest BCUT2D eigenvalue weighted by Gasteiger charge is 2.17. The van der Waals surface area contributed by atoms with Crippen molar-refractivity contribution in [2.24, 2.45) is 0 Å². The molecule has 28 heavy (non-hydrogen) atoms. The molecular weight excluding hydrogens is 363 g/mol. The predicted molar refractivity (Wildman–Crippen MR) is 101 cm³/mol. The normalized spacial score (nSPS) is 12.2. The van der Waals surface area contributed by atoms with E-state index in [4.69, 9.17) is 9.47 Å². The second-order valence-corrected chi connectivity index (χ2v) is 6.24. The minimum absolute atomic E-state index is 0.0658. The van der Waals surface area contributed by atoms with Crippen molar-refractivity contribution in [2.75, 3.05) is 13.2 Å². The Morgan fingerprint density at radius 1 is 1.07 bits per heavy atom. The smallest absolute Gasteiger partial charge is 0.243 e. The van der Waals surface area contributed by atoms with Crippen LogP contribution in [0.25, 0.3) is 0 Å². The molecule has 2 N–H and O–H groups in total. The number of nitrogens with one attached hydrogen (secondary N) is 2. The Morgan fingerprint density at radius 3 is 2.68 bits per heavy atom. The third-order valence-corrected chi connectivity index (χ3v) is 4.24. The second-order valence-electron chi connectivity index (χ2n) is 6.24. The Kier molecular flexibility index (Phi) is 6.26. The summed E-state index contributed by atoms with van der Waals surface area (Å²) in [4.78, 5) is 23.4. The largest absolute Gasteiger partial charge is 0.486 e. The van der Waals surface area contributed by atoms with Crippen LogP contribution in [0.1, 0.15) is 16.7 Å². The van der Waals surface area contributed by atoms with Crippen molar-refractivity contribution >= 4 is 11.8 Å². The second kappa shape index (κ2) is 9.03. The number of rotatable bonds is 7. The quantitative estimate of drug-likeness (QED) is 0.718. The van der Waals surface area contributed by atoms with Crippen molar-refractivity contribution < 1.29 is 23.5 Å². The highest BCUT2D eigenvalue weighted by molar-refractivity contribution is 5.86. The van der Waals surface area contributed by atoms with Crippen molar-refractivity contribution in [3.63, 3.8) is 0 Å². The molecule has 7 heteroatoms. The molecule has 0 saturated carbocycles. The monoisotopic (exact) mass is 384 g/mol. The molecule has 0 bridgehead atoms. The van der Waals surface area contributed by atoms with Gasteiger partial charge in [0.2, 0.25) is 11.8 Å². The van der Waals surface area contributed by atoms with Gasteiger partial charge in [0.05, 0.1) is 6.42 Å². The van der Waals surface area contributed by atoms with Crippen LogP contribution in [0, 0.1) is 5.82 Å². The number of para-hydroxylation sites is 1. The lowest BCUT2D eigenvalue weighted by Crippen LogP contribution is -2.26. The zero-order chi connectivity index (χ0) is 19.9. The van der Waals surface area contributed by atoms with E-state index in [1.165, 1.54) is 6.07 Å². The standard InChI is InChI=1S/C21H21FN2O4/c1-2-19(25)23-12-14-6-7-16(17(22)10-14)13-24-20(26)11-15-4-3-5-18-21(15)28-9-8-27-18/h2-7,10H,1,8-9,11-13H2,(H,23,25)(H,24,26). The maximum absolute atomic E-state index is 14.2. The molecule has 0 atom stereocenters. The van der Waals surface area contributed by atoms with Crippen molar-refractivity contribution in [3.05, 3.63) is 71.6 Å². The fraction of sp³-hybridized carbons (Fsp3) is 0.238. The van der Waals surface area contributed by atoms with Crippen molar-refractivity contribution in [2.45, 2.75) is 19.5 Å². The molecular formula is C21H21FN2O4. The average molecular weight is 384 g/mol. The fourth-order valence-electron chi connectivity index (χ4n) is 2.81. The lowest BCUT2D eigenvalue weighted by molar-refractivity contribution is -0.120. The maximum Gasteiger partial charge on any atom is 0.243 e. The molecule has 146 valence electrons. The summed E-state index contributed by atoms with van der Waals surface area (Å²) in [6, 6.07) is 10.0. The van der Waals surface area contributed by atoms with Gasteiger partial charge in [-0.25, -0.2) is 4.39 Å². The van der Waals surface area contributed by atoms with Gasteiger partial charge in [0.1, 0.15) is 19.0 Å². The van der Waals surface area contributed by atoms with E-state index < -0.39 is 5.82 Å². The van der Waals surface area contributed by atoms with Crippen molar-refractivity contribution in [3.8, 4) is 11.5 Å². The Morgan fingerprint density at radius 2 is 1.89 bits per heavy atom. The summed E-state index contributed by atoms with van der Waals surface area (Å²) in [5, 5.41) is 5.30. The summed E-state index contributed by atoms with van der Waals surface area (Å²) in [5.74, 6) is 0.195.